The number of thioether (sulfide) groups is 1. The van der Waals surface area contributed by atoms with Gasteiger partial charge in [0, 0.05) is 37.3 Å². The molecule has 0 spiro atoms. The number of likely N-dealkylation sites (N-methyl/N-ethyl adjacent to an activating group) is 1. The average molecular weight is 385 g/mol. The summed E-state index contributed by atoms with van der Waals surface area (Å²) < 4.78 is 27.4. The molecule has 0 aliphatic carbocycles. The van der Waals surface area contributed by atoms with Gasteiger partial charge < -0.3 is 15.1 Å². The Morgan fingerprint density at radius 2 is 2.00 bits per heavy atom. The van der Waals surface area contributed by atoms with Crippen LogP contribution in [0.4, 0.5) is 13.6 Å². The summed E-state index contributed by atoms with van der Waals surface area (Å²) in [6.07, 6.45) is 0. The Balaban J connectivity index is 2.10. The van der Waals surface area contributed by atoms with Gasteiger partial charge in [0.2, 0.25) is 5.91 Å². The first kappa shape index (κ1) is 20.5. The Morgan fingerprint density at radius 1 is 1.35 bits per heavy atom. The summed E-state index contributed by atoms with van der Waals surface area (Å²) >= 11 is 1.32. The van der Waals surface area contributed by atoms with Crippen LogP contribution in [0.3, 0.4) is 0 Å². The van der Waals surface area contributed by atoms with Gasteiger partial charge in [0.05, 0.1) is 5.25 Å². The number of nitrogens with zero attached hydrogens (tertiary/aromatic N) is 2. The Bertz CT molecular complexity index is 694. The van der Waals surface area contributed by atoms with Gasteiger partial charge in [-0.3, -0.25) is 4.79 Å². The maximum absolute atomic E-state index is 14.2. The fraction of sp³-hybridized carbons (Fsp3) is 0.556. The summed E-state index contributed by atoms with van der Waals surface area (Å²) in [6, 6.07) is 3.14. The first-order chi connectivity index (χ1) is 12.0. The van der Waals surface area contributed by atoms with E-state index < -0.39 is 17.0 Å². The van der Waals surface area contributed by atoms with Gasteiger partial charge in [-0.15, -0.1) is 11.8 Å². The lowest BCUT2D eigenvalue weighted by molar-refractivity contribution is -0.129. The van der Waals surface area contributed by atoms with E-state index in [1.54, 1.807) is 18.9 Å². The molecule has 26 heavy (non-hydrogen) atoms. The van der Waals surface area contributed by atoms with Crippen molar-refractivity contribution in [3.05, 3.63) is 35.4 Å². The molecule has 3 amide bonds. The van der Waals surface area contributed by atoms with E-state index in [-0.39, 0.29) is 34.8 Å². The maximum Gasteiger partial charge on any atom is 0.317 e. The molecule has 1 heterocycles. The number of hydrogen-bond donors (Lipinski definition) is 1. The largest absolute Gasteiger partial charge is 0.333 e. The van der Waals surface area contributed by atoms with Gasteiger partial charge in [-0.1, -0.05) is 6.07 Å². The molecule has 8 heteroatoms. The Hall–Kier alpha value is -1.83. The number of halogens is 2. The summed E-state index contributed by atoms with van der Waals surface area (Å²) in [6.45, 7) is 7.99. The number of carbonyl (C=O) groups is 2. The third kappa shape index (κ3) is 4.87. The lowest BCUT2D eigenvalue weighted by Gasteiger charge is -2.29. The van der Waals surface area contributed by atoms with Crippen molar-refractivity contribution in [3.8, 4) is 0 Å². The summed E-state index contributed by atoms with van der Waals surface area (Å²) in [5.74, 6) is -1.44. The molecule has 0 saturated carbocycles. The molecule has 0 bridgehead atoms. The van der Waals surface area contributed by atoms with Crippen molar-refractivity contribution >= 4 is 23.7 Å². The van der Waals surface area contributed by atoms with Crippen LogP contribution < -0.4 is 5.32 Å². The standard InChI is InChI=1S/C18H25F2N3O2S/c1-11-15(24)23(9-8-22(5)17(25)21-18(2,3)4)16(26-11)13-7-6-12(19)10-14(13)20/h6-7,10-11,16H,8-9H2,1-5H3,(H,21,25)/t11-,16+/m1/s1. The molecule has 1 aliphatic rings. The molecular formula is C18H25F2N3O2S. The van der Waals surface area contributed by atoms with E-state index in [1.807, 2.05) is 20.8 Å². The second-order valence-corrected chi connectivity index (χ2v) is 8.86. The first-order valence-corrected chi connectivity index (χ1v) is 9.38. The van der Waals surface area contributed by atoms with Crippen LogP contribution in [-0.4, -0.2) is 52.7 Å². The zero-order chi connectivity index (χ0) is 19.6. The van der Waals surface area contributed by atoms with Crippen molar-refractivity contribution in [3.63, 3.8) is 0 Å². The van der Waals surface area contributed by atoms with Crippen LogP contribution in [-0.2, 0) is 4.79 Å². The van der Waals surface area contributed by atoms with Crippen LogP contribution in [0, 0.1) is 11.6 Å². The summed E-state index contributed by atoms with van der Waals surface area (Å²) in [5, 5.41) is 2.00. The van der Waals surface area contributed by atoms with Gasteiger partial charge in [0.25, 0.3) is 0 Å². The normalized spacial score (nSPS) is 20.4. The quantitative estimate of drug-likeness (QED) is 0.865. The number of amides is 3. The third-order valence-corrected chi connectivity index (χ3v) is 5.36. The van der Waals surface area contributed by atoms with Gasteiger partial charge >= 0.3 is 6.03 Å². The maximum atomic E-state index is 14.2. The van der Waals surface area contributed by atoms with E-state index >= 15 is 0 Å². The minimum absolute atomic E-state index is 0.117. The van der Waals surface area contributed by atoms with E-state index in [9.17, 15) is 18.4 Å². The smallest absolute Gasteiger partial charge is 0.317 e. The number of nitrogens with one attached hydrogen (secondary N) is 1. The molecule has 1 saturated heterocycles. The van der Waals surface area contributed by atoms with Crippen LogP contribution in [0.1, 0.15) is 38.6 Å². The second kappa shape index (κ2) is 7.82. The van der Waals surface area contributed by atoms with Crippen LogP contribution in [0.15, 0.2) is 18.2 Å². The fourth-order valence-corrected chi connectivity index (χ4v) is 3.95. The van der Waals surface area contributed by atoms with Gasteiger partial charge in [-0.05, 0) is 33.8 Å². The van der Waals surface area contributed by atoms with Crippen molar-refractivity contribution in [2.24, 2.45) is 0 Å². The Labute approximate surface area is 157 Å². The van der Waals surface area contributed by atoms with E-state index in [0.29, 0.717) is 6.54 Å². The van der Waals surface area contributed by atoms with E-state index in [1.165, 1.54) is 28.8 Å². The minimum atomic E-state index is -0.673. The molecule has 1 fully saturated rings. The van der Waals surface area contributed by atoms with E-state index in [2.05, 4.69) is 5.32 Å². The van der Waals surface area contributed by atoms with E-state index in [4.69, 9.17) is 0 Å². The highest BCUT2D eigenvalue weighted by Gasteiger charge is 2.39. The fourth-order valence-electron chi connectivity index (χ4n) is 2.62. The zero-order valence-corrected chi connectivity index (χ0v) is 16.5. The van der Waals surface area contributed by atoms with Crippen LogP contribution in [0.5, 0.6) is 0 Å². The lowest BCUT2D eigenvalue weighted by Crippen LogP contribution is -2.49. The predicted octanol–water partition coefficient (Wildman–Crippen LogP) is 3.37. The SMILES string of the molecule is C[C@H]1S[C@@H](c2ccc(F)cc2F)N(CCN(C)C(=O)NC(C)(C)C)C1=O. The highest BCUT2D eigenvalue weighted by atomic mass is 32.2. The average Bonchev–Trinajstić information content (AvgIpc) is 2.78. The number of carbonyl (C=O) groups excluding carboxylic acids is 2. The molecule has 144 valence electrons. The molecule has 5 nitrogen and oxygen atoms in total. The minimum Gasteiger partial charge on any atom is -0.333 e. The van der Waals surface area contributed by atoms with Gasteiger partial charge in [0.15, 0.2) is 0 Å². The van der Waals surface area contributed by atoms with Crippen LogP contribution in [0.2, 0.25) is 0 Å². The first-order valence-electron chi connectivity index (χ1n) is 8.44. The molecule has 1 aliphatic heterocycles. The van der Waals surface area contributed by atoms with Crippen LogP contribution in [0.25, 0.3) is 0 Å². The summed E-state index contributed by atoms with van der Waals surface area (Å²) in [7, 11) is 1.64. The number of benzene rings is 1. The third-order valence-electron chi connectivity index (χ3n) is 3.98. The number of rotatable bonds is 4. The molecule has 1 aromatic rings. The Kier molecular flexibility index (Phi) is 6.16. The molecule has 1 N–H and O–H groups in total. The number of urea groups is 1. The number of hydrogen-bond acceptors (Lipinski definition) is 3. The molecule has 1 aromatic carbocycles. The van der Waals surface area contributed by atoms with Gasteiger partial charge in [-0.25, -0.2) is 13.6 Å². The molecule has 2 atom stereocenters. The van der Waals surface area contributed by atoms with Crippen molar-refractivity contribution in [1.82, 2.24) is 15.1 Å². The molecule has 0 unspecified atom stereocenters. The van der Waals surface area contributed by atoms with Gasteiger partial charge in [0.1, 0.15) is 17.0 Å². The van der Waals surface area contributed by atoms with Crippen molar-refractivity contribution < 1.29 is 18.4 Å². The summed E-state index contributed by atoms with van der Waals surface area (Å²) in [5.41, 5.74) is -0.0882. The molecule has 0 aromatic heterocycles. The topological polar surface area (TPSA) is 52.6 Å². The van der Waals surface area contributed by atoms with Crippen molar-refractivity contribution in [2.75, 3.05) is 20.1 Å². The second-order valence-electron chi connectivity index (χ2n) is 7.43. The molecule has 0 radical (unpaired) electrons. The van der Waals surface area contributed by atoms with E-state index in [0.717, 1.165) is 6.07 Å². The highest BCUT2D eigenvalue weighted by Crippen LogP contribution is 2.43. The van der Waals surface area contributed by atoms with Crippen molar-refractivity contribution in [2.45, 2.75) is 43.9 Å². The molecular weight excluding hydrogens is 360 g/mol. The Morgan fingerprint density at radius 3 is 2.58 bits per heavy atom. The highest BCUT2D eigenvalue weighted by molar-refractivity contribution is 8.01. The molecule has 2 rings (SSSR count). The van der Waals surface area contributed by atoms with Crippen LogP contribution >= 0.6 is 11.8 Å². The predicted molar refractivity (Wildman–Crippen MR) is 98.8 cm³/mol. The van der Waals surface area contributed by atoms with Crippen molar-refractivity contribution in [1.29, 1.82) is 0 Å². The van der Waals surface area contributed by atoms with Gasteiger partial charge in [-0.2, -0.15) is 0 Å². The zero-order valence-electron chi connectivity index (χ0n) is 15.7. The monoisotopic (exact) mass is 385 g/mol. The lowest BCUT2D eigenvalue weighted by atomic mass is 10.1. The summed E-state index contributed by atoms with van der Waals surface area (Å²) in [4.78, 5) is 27.7.